The van der Waals surface area contributed by atoms with Gasteiger partial charge in [0.1, 0.15) is 0 Å². The fraction of sp³-hybridized carbons (Fsp3) is 0.0145. The number of para-hydroxylation sites is 1. The van der Waals surface area contributed by atoms with Gasteiger partial charge in [0.05, 0.1) is 16.8 Å². The van der Waals surface area contributed by atoms with Crippen LogP contribution in [-0.4, -0.2) is 0 Å². The van der Waals surface area contributed by atoms with E-state index in [0.717, 1.165) is 33.8 Å². The second-order valence-corrected chi connectivity index (χ2v) is 18.3. The van der Waals surface area contributed by atoms with Crippen LogP contribution in [0.4, 0.5) is 17.1 Å². The lowest BCUT2D eigenvalue weighted by atomic mass is 9.68. The van der Waals surface area contributed by atoms with Gasteiger partial charge in [0.15, 0.2) is 0 Å². The predicted octanol–water partition coefficient (Wildman–Crippen LogP) is 18.5. The summed E-state index contributed by atoms with van der Waals surface area (Å²) < 4.78 is 0. The summed E-state index contributed by atoms with van der Waals surface area (Å²) in [6.07, 6.45) is 0. The van der Waals surface area contributed by atoms with E-state index in [4.69, 9.17) is 0 Å². The second-order valence-electron chi connectivity index (χ2n) is 18.3. The third-order valence-corrected chi connectivity index (χ3v) is 14.5. The molecule has 12 aromatic rings. The lowest BCUT2D eigenvalue weighted by molar-refractivity contribution is 0.768. The Bertz CT molecular complexity index is 3820. The standard InChI is InChI=1S/C69H47N/c1-6-24-48(25-7-1)56-36-19-21-42-64(56)70(65-43-23-41-63-68(65)60-39-18-20-40-62(60)69(63,53-31-12-4-13-32-53)54-33-14-5-15-34-54)55-35-22-30-51(46-55)52-44-45-58-57-37-16-17-38-59(57)66(49-26-8-2-9-27-49)67(61(58)47-52)50-28-10-3-11-29-50/h1-47H. The van der Waals surface area contributed by atoms with E-state index in [-0.39, 0.29) is 0 Å². The lowest BCUT2D eigenvalue weighted by Gasteiger charge is -2.34. The average molecular weight is 890 g/mol. The van der Waals surface area contributed by atoms with Crippen LogP contribution in [0.5, 0.6) is 0 Å². The van der Waals surface area contributed by atoms with Crippen LogP contribution in [-0.2, 0) is 5.41 Å². The first-order valence-electron chi connectivity index (χ1n) is 24.3. The summed E-state index contributed by atoms with van der Waals surface area (Å²) in [4.78, 5) is 2.52. The van der Waals surface area contributed by atoms with Gasteiger partial charge in [-0.05, 0) is 119 Å². The summed E-state index contributed by atoms with van der Waals surface area (Å²) in [5.41, 5.74) is 19.8. The molecule has 1 heteroatoms. The first kappa shape index (κ1) is 41.2. The molecular weight excluding hydrogens is 843 g/mol. The zero-order valence-electron chi connectivity index (χ0n) is 38.6. The number of rotatable bonds is 9. The topological polar surface area (TPSA) is 3.24 Å². The van der Waals surface area contributed by atoms with E-state index < -0.39 is 5.41 Å². The minimum Gasteiger partial charge on any atom is -0.309 e. The lowest BCUT2D eigenvalue weighted by Crippen LogP contribution is -2.28. The van der Waals surface area contributed by atoms with Crippen LogP contribution in [0.2, 0.25) is 0 Å². The summed E-state index contributed by atoms with van der Waals surface area (Å²) in [6, 6.07) is 105. The van der Waals surface area contributed by atoms with Crippen LogP contribution in [0.3, 0.4) is 0 Å². The Morgan fingerprint density at radius 2 is 0.700 bits per heavy atom. The first-order valence-corrected chi connectivity index (χ1v) is 24.3. The number of hydrogen-bond donors (Lipinski definition) is 0. The Hall–Kier alpha value is -9.04. The van der Waals surface area contributed by atoms with Crippen molar-refractivity contribution in [1.29, 1.82) is 0 Å². The molecule has 328 valence electrons. The van der Waals surface area contributed by atoms with Crippen LogP contribution in [0.15, 0.2) is 285 Å². The molecule has 1 aliphatic carbocycles. The minimum absolute atomic E-state index is 0.540. The van der Waals surface area contributed by atoms with Crippen LogP contribution in [0, 0.1) is 0 Å². The SMILES string of the molecule is c1ccc(-c2ccccc2N(c2cccc(-c3ccc4c(c3)c(-c3ccccc3)c(-c3ccccc3)c3ccccc34)c2)c2cccc3c2-c2ccccc2C3(c2ccccc2)c2ccccc2)cc1. The molecular formula is C69H47N. The number of benzene rings is 12. The van der Waals surface area contributed by atoms with Crippen LogP contribution in [0.25, 0.3) is 77.2 Å². The summed E-state index contributed by atoms with van der Waals surface area (Å²) in [7, 11) is 0. The molecule has 0 aliphatic heterocycles. The highest BCUT2D eigenvalue weighted by atomic mass is 15.1. The molecule has 0 atom stereocenters. The molecule has 13 rings (SSSR count). The molecule has 0 heterocycles. The van der Waals surface area contributed by atoms with Gasteiger partial charge in [-0.25, -0.2) is 0 Å². The number of hydrogen-bond acceptors (Lipinski definition) is 1. The van der Waals surface area contributed by atoms with Crippen LogP contribution >= 0.6 is 0 Å². The molecule has 0 spiro atoms. The van der Waals surface area contributed by atoms with E-state index in [1.807, 2.05) is 0 Å². The highest BCUT2D eigenvalue weighted by Gasteiger charge is 2.47. The molecule has 0 N–H and O–H groups in total. The van der Waals surface area contributed by atoms with Crippen molar-refractivity contribution in [2.75, 3.05) is 4.90 Å². The first-order chi connectivity index (χ1) is 34.8. The van der Waals surface area contributed by atoms with Crippen molar-refractivity contribution in [2.45, 2.75) is 5.41 Å². The van der Waals surface area contributed by atoms with E-state index in [9.17, 15) is 0 Å². The average Bonchev–Trinajstić information content (AvgIpc) is 3.75. The molecule has 0 saturated carbocycles. The van der Waals surface area contributed by atoms with Gasteiger partial charge in [0.25, 0.3) is 0 Å². The van der Waals surface area contributed by atoms with Crippen molar-refractivity contribution in [3.05, 3.63) is 307 Å². The Morgan fingerprint density at radius 3 is 1.37 bits per heavy atom. The monoisotopic (exact) mass is 889 g/mol. The molecule has 12 aromatic carbocycles. The van der Waals surface area contributed by atoms with Crippen molar-refractivity contribution in [1.82, 2.24) is 0 Å². The summed E-state index contributed by atoms with van der Waals surface area (Å²) in [5, 5.41) is 4.98. The fourth-order valence-corrected chi connectivity index (χ4v) is 11.6. The van der Waals surface area contributed by atoms with E-state index in [1.54, 1.807) is 0 Å². The maximum atomic E-state index is 2.52. The molecule has 0 aromatic heterocycles. The van der Waals surface area contributed by atoms with Crippen molar-refractivity contribution < 1.29 is 0 Å². The Labute approximate surface area is 409 Å². The third-order valence-electron chi connectivity index (χ3n) is 14.5. The maximum Gasteiger partial charge on any atom is 0.0714 e. The summed E-state index contributed by atoms with van der Waals surface area (Å²) in [5.74, 6) is 0. The third kappa shape index (κ3) is 6.62. The highest BCUT2D eigenvalue weighted by molar-refractivity contribution is 6.22. The largest absolute Gasteiger partial charge is 0.309 e. The zero-order valence-corrected chi connectivity index (χ0v) is 38.6. The van der Waals surface area contributed by atoms with Gasteiger partial charge in [-0.3, -0.25) is 0 Å². The maximum absolute atomic E-state index is 2.52. The van der Waals surface area contributed by atoms with Crippen molar-refractivity contribution in [3.8, 4) is 55.6 Å². The molecule has 1 aliphatic rings. The second kappa shape index (κ2) is 17.2. The molecule has 70 heavy (non-hydrogen) atoms. The van der Waals surface area contributed by atoms with E-state index >= 15 is 0 Å². The molecule has 1 nitrogen and oxygen atoms in total. The van der Waals surface area contributed by atoms with E-state index in [2.05, 4.69) is 290 Å². The van der Waals surface area contributed by atoms with Gasteiger partial charge < -0.3 is 4.90 Å². The van der Waals surface area contributed by atoms with Gasteiger partial charge in [0, 0.05) is 16.8 Å². The molecule has 0 amide bonds. The molecule has 0 saturated heterocycles. The Balaban J connectivity index is 1.07. The van der Waals surface area contributed by atoms with Crippen molar-refractivity contribution >= 4 is 38.6 Å². The molecule has 0 radical (unpaired) electrons. The Morgan fingerprint density at radius 1 is 0.243 bits per heavy atom. The zero-order chi connectivity index (χ0) is 46.4. The van der Waals surface area contributed by atoms with Gasteiger partial charge in [-0.15, -0.1) is 0 Å². The summed E-state index contributed by atoms with van der Waals surface area (Å²) >= 11 is 0. The molecule has 0 bridgehead atoms. The van der Waals surface area contributed by atoms with Gasteiger partial charge >= 0.3 is 0 Å². The fourth-order valence-electron chi connectivity index (χ4n) is 11.6. The molecule has 0 fully saturated rings. The molecule has 0 unspecified atom stereocenters. The Kier molecular flexibility index (Phi) is 10.1. The van der Waals surface area contributed by atoms with Crippen LogP contribution < -0.4 is 4.90 Å². The number of anilines is 3. The number of fused-ring (bicyclic) bond motifs is 6. The van der Waals surface area contributed by atoms with Crippen LogP contribution in [0.1, 0.15) is 22.3 Å². The number of nitrogens with zero attached hydrogens (tertiary/aromatic N) is 1. The van der Waals surface area contributed by atoms with Crippen molar-refractivity contribution in [3.63, 3.8) is 0 Å². The highest BCUT2D eigenvalue weighted by Crippen LogP contribution is 2.60. The van der Waals surface area contributed by atoms with E-state index in [0.29, 0.717) is 0 Å². The summed E-state index contributed by atoms with van der Waals surface area (Å²) in [6.45, 7) is 0. The predicted molar refractivity (Wildman–Crippen MR) is 295 cm³/mol. The smallest absolute Gasteiger partial charge is 0.0714 e. The van der Waals surface area contributed by atoms with Gasteiger partial charge in [0.2, 0.25) is 0 Å². The quantitative estimate of drug-likeness (QED) is 0.131. The van der Waals surface area contributed by atoms with Crippen molar-refractivity contribution in [2.24, 2.45) is 0 Å². The normalized spacial score (nSPS) is 12.4. The minimum atomic E-state index is -0.540. The van der Waals surface area contributed by atoms with Gasteiger partial charge in [-0.2, -0.15) is 0 Å². The van der Waals surface area contributed by atoms with E-state index in [1.165, 1.54) is 82.7 Å². The van der Waals surface area contributed by atoms with Gasteiger partial charge in [-0.1, -0.05) is 255 Å².